The summed E-state index contributed by atoms with van der Waals surface area (Å²) < 4.78 is 10.5. The summed E-state index contributed by atoms with van der Waals surface area (Å²) in [5.41, 5.74) is 0.979. The summed E-state index contributed by atoms with van der Waals surface area (Å²) >= 11 is 0. The number of rotatable bonds is 6. The van der Waals surface area contributed by atoms with Crippen LogP contribution in [-0.2, 0) is 9.53 Å². The topological polar surface area (TPSA) is 35.5 Å². The molecule has 0 N–H and O–H groups in total. The van der Waals surface area contributed by atoms with Gasteiger partial charge >= 0.3 is 5.97 Å². The summed E-state index contributed by atoms with van der Waals surface area (Å²) in [7, 11) is 0. The van der Waals surface area contributed by atoms with E-state index in [4.69, 9.17) is 9.47 Å². The van der Waals surface area contributed by atoms with Crippen molar-refractivity contribution in [2.75, 3.05) is 13.2 Å². The van der Waals surface area contributed by atoms with Crippen LogP contribution >= 0.6 is 0 Å². The second-order valence-corrected chi connectivity index (χ2v) is 4.48. The van der Waals surface area contributed by atoms with Crippen LogP contribution in [0.5, 0.6) is 5.75 Å². The average Bonchev–Trinajstić information content (AvgIpc) is 2.32. The SMILES string of the molecule is CCOC(=O)C(c1ccc(OCC)cc1)C(C)C. The first kappa shape index (κ1) is 14.6. The molecule has 0 amide bonds. The Morgan fingerprint density at radius 2 is 1.72 bits per heavy atom. The molecule has 0 aliphatic rings. The van der Waals surface area contributed by atoms with Gasteiger partial charge in [-0.05, 0) is 37.5 Å². The molecular weight excluding hydrogens is 228 g/mol. The monoisotopic (exact) mass is 250 g/mol. The highest BCUT2D eigenvalue weighted by atomic mass is 16.5. The minimum Gasteiger partial charge on any atom is -0.494 e. The maximum Gasteiger partial charge on any atom is 0.313 e. The van der Waals surface area contributed by atoms with E-state index < -0.39 is 0 Å². The quantitative estimate of drug-likeness (QED) is 0.726. The summed E-state index contributed by atoms with van der Waals surface area (Å²) in [4.78, 5) is 11.9. The van der Waals surface area contributed by atoms with Crippen LogP contribution < -0.4 is 4.74 Å². The summed E-state index contributed by atoms with van der Waals surface area (Å²) in [6.07, 6.45) is 0. The summed E-state index contributed by atoms with van der Waals surface area (Å²) in [6.45, 7) is 8.89. The van der Waals surface area contributed by atoms with Gasteiger partial charge in [-0.25, -0.2) is 0 Å². The van der Waals surface area contributed by atoms with E-state index in [1.54, 1.807) is 0 Å². The standard InChI is InChI=1S/C15H22O3/c1-5-17-13-9-7-12(8-10-13)14(11(3)4)15(16)18-6-2/h7-11,14H,5-6H2,1-4H3. The van der Waals surface area contributed by atoms with Crippen LogP contribution in [-0.4, -0.2) is 19.2 Å². The van der Waals surface area contributed by atoms with E-state index in [2.05, 4.69) is 0 Å². The molecule has 18 heavy (non-hydrogen) atoms. The van der Waals surface area contributed by atoms with Gasteiger partial charge < -0.3 is 9.47 Å². The van der Waals surface area contributed by atoms with Gasteiger partial charge in [0.2, 0.25) is 0 Å². The number of carbonyl (C=O) groups is 1. The van der Waals surface area contributed by atoms with Gasteiger partial charge in [0.05, 0.1) is 19.1 Å². The van der Waals surface area contributed by atoms with Crippen LogP contribution in [0.3, 0.4) is 0 Å². The zero-order valence-electron chi connectivity index (χ0n) is 11.6. The van der Waals surface area contributed by atoms with Crippen LogP contribution in [0.1, 0.15) is 39.2 Å². The highest BCUT2D eigenvalue weighted by molar-refractivity contribution is 5.78. The van der Waals surface area contributed by atoms with E-state index in [0.29, 0.717) is 13.2 Å². The number of benzene rings is 1. The molecule has 0 radical (unpaired) electrons. The second kappa shape index (κ2) is 7.04. The third-order valence-corrected chi connectivity index (χ3v) is 2.76. The molecule has 1 aromatic rings. The molecule has 0 aliphatic heterocycles. The highest BCUT2D eigenvalue weighted by Crippen LogP contribution is 2.27. The predicted octanol–water partition coefficient (Wildman–Crippen LogP) is 3.39. The smallest absolute Gasteiger partial charge is 0.313 e. The van der Waals surface area contributed by atoms with Crippen molar-refractivity contribution >= 4 is 5.97 Å². The van der Waals surface area contributed by atoms with Crippen LogP contribution in [0.15, 0.2) is 24.3 Å². The minimum atomic E-state index is -0.208. The molecule has 0 saturated heterocycles. The van der Waals surface area contributed by atoms with Crippen molar-refractivity contribution in [3.63, 3.8) is 0 Å². The molecule has 0 fully saturated rings. The van der Waals surface area contributed by atoms with Gasteiger partial charge in [0.1, 0.15) is 5.75 Å². The summed E-state index contributed by atoms with van der Waals surface area (Å²) in [5.74, 6) is 0.673. The van der Waals surface area contributed by atoms with Gasteiger partial charge in [0, 0.05) is 0 Å². The summed E-state index contributed by atoms with van der Waals surface area (Å²) in [6, 6.07) is 7.67. The molecular formula is C15H22O3. The molecule has 1 atom stereocenters. The van der Waals surface area contributed by atoms with E-state index in [-0.39, 0.29) is 17.8 Å². The number of hydrogen-bond acceptors (Lipinski definition) is 3. The molecule has 1 rings (SSSR count). The van der Waals surface area contributed by atoms with Crippen molar-refractivity contribution < 1.29 is 14.3 Å². The minimum absolute atomic E-state index is 0.156. The lowest BCUT2D eigenvalue weighted by Crippen LogP contribution is -2.20. The number of ether oxygens (including phenoxy) is 2. The Bertz CT molecular complexity index is 368. The fourth-order valence-corrected chi connectivity index (χ4v) is 1.96. The van der Waals surface area contributed by atoms with E-state index in [9.17, 15) is 4.79 Å². The maximum absolute atomic E-state index is 11.9. The number of carbonyl (C=O) groups excluding carboxylic acids is 1. The van der Waals surface area contributed by atoms with Gasteiger partial charge in [0.15, 0.2) is 0 Å². The van der Waals surface area contributed by atoms with Crippen molar-refractivity contribution in [3.05, 3.63) is 29.8 Å². The highest BCUT2D eigenvalue weighted by Gasteiger charge is 2.25. The Balaban J connectivity index is 2.89. The lowest BCUT2D eigenvalue weighted by atomic mass is 9.88. The zero-order chi connectivity index (χ0) is 13.5. The first-order valence-electron chi connectivity index (χ1n) is 6.49. The zero-order valence-corrected chi connectivity index (χ0v) is 11.6. The lowest BCUT2D eigenvalue weighted by Gasteiger charge is -2.19. The van der Waals surface area contributed by atoms with Gasteiger partial charge in [-0.3, -0.25) is 4.79 Å². The number of hydrogen-bond donors (Lipinski definition) is 0. The third-order valence-electron chi connectivity index (χ3n) is 2.76. The lowest BCUT2D eigenvalue weighted by molar-refractivity contribution is -0.146. The molecule has 100 valence electrons. The molecule has 0 aliphatic carbocycles. The Hall–Kier alpha value is -1.51. The fourth-order valence-electron chi connectivity index (χ4n) is 1.96. The van der Waals surface area contributed by atoms with Crippen molar-refractivity contribution in [2.45, 2.75) is 33.6 Å². The molecule has 0 saturated carbocycles. The second-order valence-electron chi connectivity index (χ2n) is 4.48. The molecule has 3 heteroatoms. The third kappa shape index (κ3) is 3.76. The van der Waals surface area contributed by atoms with E-state index >= 15 is 0 Å². The van der Waals surface area contributed by atoms with Crippen molar-refractivity contribution in [1.82, 2.24) is 0 Å². The molecule has 1 unspecified atom stereocenters. The Labute approximate surface area is 109 Å². The first-order valence-corrected chi connectivity index (χ1v) is 6.49. The van der Waals surface area contributed by atoms with Crippen molar-refractivity contribution in [1.29, 1.82) is 0 Å². The Morgan fingerprint density at radius 1 is 1.11 bits per heavy atom. The largest absolute Gasteiger partial charge is 0.494 e. The van der Waals surface area contributed by atoms with E-state index in [0.717, 1.165) is 11.3 Å². The van der Waals surface area contributed by atoms with E-state index in [1.807, 2.05) is 52.0 Å². The van der Waals surface area contributed by atoms with Crippen LogP contribution in [0.4, 0.5) is 0 Å². The Morgan fingerprint density at radius 3 is 2.17 bits per heavy atom. The molecule has 0 bridgehead atoms. The maximum atomic E-state index is 11.9. The molecule has 3 nitrogen and oxygen atoms in total. The van der Waals surface area contributed by atoms with Crippen molar-refractivity contribution in [2.24, 2.45) is 5.92 Å². The van der Waals surface area contributed by atoms with E-state index in [1.165, 1.54) is 0 Å². The first-order chi connectivity index (χ1) is 8.60. The molecule has 0 aromatic heterocycles. The fraction of sp³-hybridized carbons (Fsp3) is 0.533. The Kier molecular flexibility index (Phi) is 5.69. The van der Waals surface area contributed by atoms with Gasteiger partial charge in [0.25, 0.3) is 0 Å². The molecule has 0 heterocycles. The molecule has 0 spiro atoms. The van der Waals surface area contributed by atoms with Gasteiger partial charge in [-0.1, -0.05) is 26.0 Å². The number of esters is 1. The molecule has 1 aromatic carbocycles. The van der Waals surface area contributed by atoms with Gasteiger partial charge in [-0.15, -0.1) is 0 Å². The predicted molar refractivity (Wildman–Crippen MR) is 71.8 cm³/mol. The van der Waals surface area contributed by atoms with Crippen LogP contribution in [0, 0.1) is 5.92 Å². The van der Waals surface area contributed by atoms with Crippen LogP contribution in [0.25, 0.3) is 0 Å². The normalized spacial score (nSPS) is 12.3. The van der Waals surface area contributed by atoms with Gasteiger partial charge in [-0.2, -0.15) is 0 Å². The summed E-state index contributed by atoms with van der Waals surface area (Å²) in [5, 5.41) is 0. The average molecular weight is 250 g/mol. The van der Waals surface area contributed by atoms with Crippen molar-refractivity contribution in [3.8, 4) is 5.75 Å². The van der Waals surface area contributed by atoms with Crippen LogP contribution in [0.2, 0.25) is 0 Å².